The van der Waals surface area contributed by atoms with Crippen LogP contribution in [-0.4, -0.2) is 21.8 Å². The number of aryl methyl sites for hydroxylation is 1. The van der Waals surface area contributed by atoms with Gasteiger partial charge in [-0.05, 0) is 24.6 Å². The zero-order valence-corrected chi connectivity index (χ0v) is 10.6. The molecule has 0 atom stereocenters. The number of hydrogen-bond acceptors (Lipinski definition) is 4. The Hall–Kier alpha value is -1.33. The fourth-order valence-corrected chi connectivity index (χ4v) is 3.17. The van der Waals surface area contributed by atoms with Crippen LogP contribution in [0.4, 0.5) is 0 Å². The number of aromatic carboxylic acids is 1. The molecule has 0 saturated heterocycles. The highest BCUT2D eigenvalue weighted by molar-refractivity contribution is 7.99. The summed E-state index contributed by atoms with van der Waals surface area (Å²) in [5.41, 5.74) is 1.06. The van der Waals surface area contributed by atoms with Crippen molar-refractivity contribution in [3.8, 4) is 0 Å². The third-order valence-electron chi connectivity index (χ3n) is 2.14. The minimum atomic E-state index is -0.855. The van der Waals surface area contributed by atoms with Crippen molar-refractivity contribution in [1.29, 1.82) is 0 Å². The average Bonchev–Trinajstić information content (AvgIpc) is 2.79. The molecule has 2 aromatic rings. The predicted octanol–water partition coefficient (Wildman–Crippen LogP) is 3.18. The van der Waals surface area contributed by atoms with Gasteiger partial charge in [0.05, 0.1) is 0 Å². The SMILES string of the molecule is O=C(O)c1cc(SCCc2ccccn2)cs1. The molecule has 0 unspecified atom stereocenters. The lowest BCUT2D eigenvalue weighted by molar-refractivity contribution is 0.0702. The van der Waals surface area contributed by atoms with Gasteiger partial charge in [0, 0.05) is 27.9 Å². The summed E-state index contributed by atoms with van der Waals surface area (Å²) >= 11 is 2.93. The van der Waals surface area contributed by atoms with Crippen molar-refractivity contribution < 1.29 is 9.90 Å². The number of aromatic nitrogens is 1. The topological polar surface area (TPSA) is 50.2 Å². The third-order valence-corrected chi connectivity index (χ3v) is 4.18. The number of nitrogens with zero attached hydrogens (tertiary/aromatic N) is 1. The predicted molar refractivity (Wildman–Crippen MR) is 69.9 cm³/mol. The van der Waals surface area contributed by atoms with Crippen LogP contribution in [-0.2, 0) is 6.42 Å². The number of carbonyl (C=O) groups is 1. The second-order valence-corrected chi connectivity index (χ2v) is 5.45. The fourth-order valence-electron chi connectivity index (χ4n) is 1.33. The van der Waals surface area contributed by atoms with E-state index in [1.807, 2.05) is 23.6 Å². The van der Waals surface area contributed by atoms with Gasteiger partial charge in [0.2, 0.25) is 0 Å². The van der Waals surface area contributed by atoms with Gasteiger partial charge in [-0.25, -0.2) is 4.79 Å². The lowest BCUT2D eigenvalue weighted by atomic mass is 10.3. The Kier molecular flexibility index (Phi) is 4.17. The lowest BCUT2D eigenvalue weighted by Crippen LogP contribution is -1.91. The molecule has 2 aromatic heterocycles. The Balaban J connectivity index is 1.84. The molecule has 88 valence electrons. The van der Waals surface area contributed by atoms with Crippen LogP contribution in [0.1, 0.15) is 15.4 Å². The maximum absolute atomic E-state index is 10.7. The van der Waals surface area contributed by atoms with Crippen molar-refractivity contribution in [2.45, 2.75) is 11.3 Å². The van der Waals surface area contributed by atoms with Crippen molar-refractivity contribution in [2.24, 2.45) is 0 Å². The molecule has 3 nitrogen and oxygen atoms in total. The summed E-state index contributed by atoms with van der Waals surface area (Å²) in [6.07, 6.45) is 2.68. The molecule has 0 bridgehead atoms. The monoisotopic (exact) mass is 265 g/mol. The largest absolute Gasteiger partial charge is 0.477 e. The smallest absolute Gasteiger partial charge is 0.345 e. The van der Waals surface area contributed by atoms with Gasteiger partial charge in [-0.3, -0.25) is 4.98 Å². The molecule has 2 rings (SSSR count). The summed E-state index contributed by atoms with van der Waals surface area (Å²) in [6, 6.07) is 7.59. The molecule has 0 saturated carbocycles. The Morgan fingerprint density at radius 2 is 2.35 bits per heavy atom. The second kappa shape index (κ2) is 5.84. The first-order valence-electron chi connectivity index (χ1n) is 5.10. The van der Waals surface area contributed by atoms with Gasteiger partial charge in [-0.1, -0.05) is 6.07 Å². The molecule has 0 aliphatic rings. The van der Waals surface area contributed by atoms with Crippen LogP contribution < -0.4 is 0 Å². The van der Waals surface area contributed by atoms with Gasteiger partial charge in [0.25, 0.3) is 0 Å². The maximum Gasteiger partial charge on any atom is 0.345 e. The van der Waals surface area contributed by atoms with Crippen LogP contribution in [0.3, 0.4) is 0 Å². The van der Waals surface area contributed by atoms with Gasteiger partial charge in [0.1, 0.15) is 4.88 Å². The molecule has 0 fully saturated rings. The molecule has 0 aliphatic heterocycles. The number of thiophene rings is 1. The van der Waals surface area contributed by atoms with Crippen molar-refractivity contribution >= 4 is 29.1 Å². The van der Waals surface area contributed by atoms with Crippen LogP contribution in [0.2, 0.25) is 0 Å². The van der Waals surface area contributed by atoms with E-state index in [1.165, 1.54) is 11.3 Å². The number of thioether (sulfide) groups is 1. The van der Waals surface area contributed by atoms with E-state index in [4.69, 9.17) is 5.11 Å². The zero-order chi connectivity index (χ0) is 12.1. The van der Waals surface area contributed by atoms with Crippen molar-refractivity contribution in [3.05, 3.63) is 46.4 Å². The second-order valence-electron chi connectivity index (χ2n) is 3.37. The third kappa shape index (κ3) is 3.57. The molecular formula is C12H11NO2S2. The first-order valence-corrected chi connectivity index (χ1v) is 6.97. The maximum atomic E-state index is 10.7. The summed E-state index contributed by atoms with van der Waals surface area (Å²) in [4.78, 5) is 16.4. The number of carboxylic acid groups (broad SMARTS) is 1. The zero-order valence-electron chi connectivity index (χ0n) is 9.00. The molecule has 17 heavy (non-hydrogen) atoms. The van der Waals surface area contributed by atoms with Crippen molar-refractivity contribution in [1.82, 2.24) is 4.98 Å². The minimum absolute atomic E-state index is 0.394. The van der Waals surface area contributed by atoms with Gasteiger partial charge in [0.15, 0.2) is 0 Å². The summed E-state index contributed by atoms with van der Waals surface area (Å²) < 4.78 is 0. The Morgan fingerprint density at radius 3 is 3.00 bits per heavy atom. The van der Waals surface area contributed by atoms with Crippen LogP contribution in [0, 0.1) is 0 Å². The van der Waals surface area contributed by atoms with Crippen molar-refractivity contribution in [3.63, 3.8) is 0 Å². The van der Waals surface area contributed by atoms with E-state index in [0.717, 1.165) is 22.8 Å². The highest BCUT2D eigenvalue weighted by Crippen LogP contribution is 2.25. The van der Waals surface area contributed by atoms with E-state index in [9.17, 15) is 4.79 Å². The standard InChI is InChI=1S/C12H11NO2S2/c14-12(15)11-7-10(8-17-11)16-6-4-9-3-1-2-5-13-9/h1-3,5,7-8H,4,6H2,(H,14,15). The van der Waals surface area contributed by atoms with E-state index in [-0.39, 0.29) is 0 Å². The van der Waals surface area contributed by atoms with Gasteiger partial charge in [-0.2, -0.15) is 0 Å². The quantitative estimate of drug-likeness (QED) is 0.844. The molecule has 0 amide bonds. The Bertz CT molecular complexity index is 496. The number of carboxylic acids is 1. The summed E-state index contributed by atoms with van der Waals surface area (Å²) in [5.74, 6) is 0.0545. The summed E-state index contributed by atoms with van der Waals surface area (Å²) in [5, 5.41) is 10.7. The molecule has 0 aromatic carbocycles. The fraction of sp³-hybridized carbons (Fsp3) is 0.167. The molecule has 0 spiro atoms. The van der Waals surface area contributed by atoms with E-state index in [0.29, 0.717) is 4.88 Å². The molecule has 0 aliphatic carbocycles. The Labute approximate surface area is 108 Å². The molecular weight excluding hydrogens is 254 g/mol. The summed E-state index contributed by atoms with van der Waals surface area (Å²) in [6.45, 7) is 0. The average molecular weight is 265 g/mol. The molecule has 1 N–H and O–H groups in total. The molecule has 0 radical (unpaired) electrons. The normalized spacial score (nSPS) is 10.4. The number of pyridine rings is 1. The summed E-state index contributed by atoms with van der Waals surface area (Å²) in [7, 11) is 0. The van der Waals surface area contributed by atoms with Crippen LogP contribution in [0.15, 0.2) is 40.7 Å². The lowest BCUT2D eigenvalue weighted by Gasteiger charge is -1.98. The van der Waals surface area contributed by atoms with Crippen LogP contribution in [0.25, 0.3) is 0 Å². The van der Waals surface area contributed by atoms with Gasteiger partial charge >= 0.3 is 5.97 Å². The van der Waals surface area contributed by atoms with E-state index < -0.39 is 5.97 Å². The van der Waals surface area contributed by atoms with Gasteiger partial charge in [-0.15, -0.1) is 23.1 Å². The first kappa shape index (κ1) is 12.1. The van der Waals surface area contributed by atoms with E-state index in [2.05, 4.69) is 4.98 Å². The van der Waals surface area contributed by atoms with E-state index >= 15 is 0 Å². The van der Waals surface area contributed by atoms with Crippen LogP contribution >= 0.6 is 23.1 Å². The minimum Gasteiger partial charge on any atom is -0.477 e. The van der Waals surface area contributed by atoms with Crippen LogP contribution in [0.5, 0.6) is 0 Å². The van der Waals surface area contributed by atoms with Gasteiger partial charge < -0.3 is 5.11 Å². The highest BCUT2D eigenvalue weighted by Gasteiger charge is 2.06. The number of rotatable bonds is 5. The Morgan fingerprint density at radius 1 is 1.47 bits per heavy atom. The first-order chi connectivity index (χ1) is 8.25. The molecule has 5 heteroatoms. The molecule has 2 heterocycles. The highest BCUT2D eigenvalue weighted by atomic mass is 32.2. The van der Waals surface area contributed by atoms with E-state index in [1.54, 1.807) is 24.0 Å². The number of hydrogen-bond donors (Lipinski definition) is 1. The van der Waals surface area contributed by atoms with Crippen molar-refractivity contribution in [2.75, 3.05) is 5.75 Å².